The molecule has 0 aromatic heterocycles. The third-order valence-corrected chi connectivity index (χ3v) is 6.01. The number of thioether (sulfide) groups is 1. The molecule has 0 saturated carbocycles. The molecule has 0 radical (unpaired) electrons. The van der Waals surface area contributed by atoms with Crippen LogP contribution < -0.4 is 14.2 Å². The first-order chi connectivity index (χ1) is 12.6. The van der Waals surface area contributed by atoms with E-state index in [4.69, 9.17) is 14.2 Å². The van der Waals surface area contributed by atoms with Crippen molar-refractivity contribution in [1.82, 2.24) is 4.90 Å². The molecule has 3 rings (SSSR count). The van der Waals surface area contributed by atoms with E-state index >= 15 is 0 Å². The number of nitrogens with zero attached hydrogens (tertiary/aromatic N) is 1. The summed E-state index contributed by atoms with van der Waals surface area (Å²) in [6.45, 7) is 0.962. The van der Waals surface area contributed by atoms with Gasteiger partial charge >= 0.3 is 0 Å². The van der Waals surface area contributed by atoms with E-state index in [0.717, 1.165) is 15.8 Å². The van der Waals surface area contributed by atoms with Crippen molar-refractivity contribution in [3.05, 3.63) is 52.5 Å². The van der Waals surface area contributed by atoms with E-state index in [-0.39, 0.29) is 11.3 Å². The lowest BCUT2D eigenvalue weighted by Gasteiger charge is -2.25. The van der Waals surface area contributed by atoms with Crippen molar-refractivity contribution < 1.29 is 19.0 Å². The number of carbonyl (C=O) groups is 1. The maximum Gasteiger partial charge on any atom is 0.233 e. The van der Waals surface area contributed by atoms with Crippen molar-refractivity contribution in [3.63, 3.8) is 0 Å². The van der Waals surface area contributed by atoms with Gasteiger partial charge < -0.3 is 19.1 Å². The van der Waals surface area contributed by atoms with Crippen LogP contribution in [0, 0.1) is 0 Å². The molecule has 1 amide bonds. The predicted octanol–water partition coefficient (Wildman–Crippen LogP) is 4.12. The summed E-state index contributed by atoms with van der Waals surface area (Å²) in [5.41, 5.74) is 0.984. The van der Waals surface area contributed by atoms with Crippen molar-refractivity contribution in [2.45, 2.75) is 5.37 Å². The molecule has 0 spiro atoms. The molecule has 1 saturated heterocycles. The van der Waals surface area contributed by atoms with Gasteiger partial charge in [-0.05, 0) is 24.3 Å². The van der Waals surface area contributed by atoms with E-state index in [2.05, 4.69) is 15.9 Å². The van der Waals surface area contributed by atoms with E-state index in [0.29, 0.717) is 30.4 Å². The maximum absolute atomic E-state index is 12.4. The molecule has 1 aliphatic rings. The Bertz CT molecular complexity index is 772. The molecule has 138 valence electrons. The molecular formula is C19H20BrNO4S. The van der Waals surface area contributed by atoms with Gasteiger partial charge in [-0.3, -0.25) is 4.79 Å². The number of para-hydroxylation sites is 1. The number of ether oxygens (including phenoxy) is 3. The van der Waals surface area contributed by atoms with Gasteiger partial charge in [-0.2, -0.15) is 0 Å². The van der Waals surface area contributed by atoms with Crippen molar-refractivity contribution >= 4 is 33.6 Å². The normalized spacial score (nSPS) is 16.7. The summed E-state index contributed by atoms with van der Waals surface area (Å²) < 4.78 is 17.4. The SMILES string of the molecule is COc1cc(Br)c(C2SCC(=O)N2CCOc2ccccc2)cc1OC. The molecule has 0 N–H and O–H groups in total. The Labute approximate surface area is 165 Å². The largest absolute Gasteiger partial charge is 0.493 e. The summed E-state index contributed by atoms with van der Waals surface area (Å²) in [6, 6.07) is 13.4. The Morgan fingerprint density at radius 3 is 2.54 bits per heavy atom. The number of carbonyl (C=O) groups excluding carboxylic acids is 1. The average molecular weight is 438 g/mol. The van der Waals surface area contributed by atoms with Gasteiger partial charge in [-0.15, -0.1) is 11.8 Å². The average Bonchev–Trinajstić information content (AvgIpc) is 3.03. The fourth-order valence-corrected chi connectivity index (χ4v) is 4.73. The summed E-state index contributed by atoms with van der Waals surface area (Å²) in [5.74, 6) is 2.66. The minimum atomic E-state index is -0.0870. The van der Waals surface area contributed by atoms with Crippen LogP contribution in [0.5, 0.6) is 17.2 Å². The van der Waals surface area contributed by atoms with Gasteiger partial charge in [-0.1, -0.05) is 34.1 Å². The highest BCUT2D eigenvalue weighted by molar-refractivity contribution is 9.10. The highest BCUT2D eigenvalue weighted by Crippen LogP contribution is 2.45. The molecule has 26 heavy (non-hydrogen) atoms. The molecule has 1 fully saturated rings. The van der Waals surface area contributed by atoms with Crippen LogP contribution in [0.2, 0.25) is 0 Å². The quantitative estimate of drug-likeness (QED) is 0.651. The number of methoxy groups -OCH3 is 2. The van der Waals surface area contributed by atoms with Crippen LogP contribution >= 0.6 is 27.7 Å². The van der Waals surface area contributed by atoms with E-state index in [1.165, 1.54) is 0 Å². The summed E-state index contributed by atoms with van der Waals surface area (Å²) in [4.78, 5) is 14.2. The highest BCUT2D eigenvalue weighted by Gasteiger charge is 2.34. The minimum Gasteiger partial charge on any atom is -0.493 e. The topological polar surface area (TPSA) is 48.0 Å². The number of hydrogen-bond donors (Lipinski definition) is 0. The van der Waals surface area contributed by atoms with Gasteiger partial charge in [0, 0.05) is 10.0 Å². The zero-order chi connectivity index (χ0) is 18.5. The molecule has 0 aliphatic carbocycles. The summed E-state index contributed by atoms with van der Waals surface area (Å²) in [6.07, 6.45) is 0. The number of rotatable bonds is 7. The van der Waals surface area contributed by atoms with Gasteiger partial charge in [0.05, 0.1) is 26.5 Å². The molecule has 7 heteroatoms. The van der Waals surface area contributed by atoms with Crippen LogP contribution in [0.25, 0.3) is 0 Å². The third-order valence-electron chi connectivity index (χ3n) is 4.08. The van der Waals surface area contributed by atoms with Crippen LogP contribution in [0.1, 0.15) is 10.9 Å². The first-order valence-electron chi connectivity index (χ1n) is 8.14. The number of amides is 1. The Kier molecular flexibility index (Phi) is 6.32. The summed E-state index contributed by atoms with van der Waals surface area (Å²) >= 11 is 5.19. The minimum absolute atomic E-state index is 0.0870. The van der Waals surface area contributed by atoms with Crippen LogP contribution in [0.3, 0.4) is 0 Å². The fraction of sp³-hybridized carbons (Fsp3) is 0.316. The van der Waals surface area contributed by atoms with Crippen molar-refractivity contribution in [2.75, 3.05) is 33.1 Å². The molecule has 2 aromatic rings. The molecule has 5 nitrogen and oxygen atoms in total. The lowest BCUT2D eigenvalue weighted by atomic mass is 10.1. The maximum atomic E-state index is 12.4. The second kappa shape index (κ2) is 8.68. The Morgan fingerprint density at radius 2 is 1.85 bits per heavy atom. The van der Waals surface area contributed by atoms with E-state index < -0.39 is 0 Å². The first kappa shape index (κ1) is 18.9. The molecule has 1 atom stereocenters. The molecule has 2 aromatic carbocycles. The van der Waals surface area contributed by atoms with Crippen LogP contribution in [0.4, 0.5) is 0 Å². The van der Waals surface area contributed by atoms with E-state index in [1.54, 1.807) is 26.0 Å². The summed E-state index contributed by atoms with van der Waals surface area (Å²) in [5, 5.41) is -0.0870. The molecular weight excluding hydrogens is 418 g/mol. The van der Waals surface area contributed by atoms with Gasteiger partial charge in [0.1, 0.15) is 17.7 Å². The van der Waals surface area contributed by atoms with Crippen LogP contribution in [0.15, 0.2) is 46.9 Å². The molecule has 0 bridgehead atoms. The first-order valence-corrected chi connectivity index (χ1v) is 9.98. The molecule has 1 aliphatic heterocycles. The summed E-state index contributed by atoms with van der Waals surface area (Å²) in [7, 11) is 3.21. The van der Waals surface area contributed by atoms with Gasteiger partial charge in [0.15, 0.2) is 11.5 Å². The monoisotopic (exact) mass is 437 g/mol. The number of benzene rings is 2. The van der Waals surface area contributed by atoms with Gasteiger partial charge in [0.25, 0.3) is 0 Å². The zero-order valence-corrected chi connectivity index (χ0v) is 17.0. The smallest absolute Gasteiger partial charge is 0.233 e. The standard InChI is InChI=1S/C19H20BrNO4S/c1-23-16-10-14(15(20)11-17(16)24-2)19-21(18(22)12-26-19)8-9-25-13-6-4-3-5-7-13/h3-7,10-11,19H,8-9,12H2,1-2H3. The second-order valence-corrected chi connectivity index (χ2v) is 7.56. The third kappa shape index (κ3) is 4.10. The van der Waals surface area contributed by atoms with Crippen molar-refractivity contribution in [3.8, 4) is 17.2 Å². The molecule has 1 heterocycles. The van der Waals surface area contributed by atoms with Gasteiger partial charge in [0.2, 0.25) is 5.91 Å². The Morgan fingerprint density at radius 1 is 1.15 bits per heavy atom. The highest BCUT2D eigenvalue weighted by atomic mass is 79.9. The van der Waals surface area contributed by atoms with E-state index in [1.807, 2.05) is 47.4 Å². The number of hydrogen-bond acceptors (Lipinski definition) is 5. The Balaban J connectivity index is 1.75. The van der Waals surface area contributed by atoms with Crippen LogP contribution in [-0.2, 0) is 4.79 Å². The zero-order valence-electron chi connectivity index (χ0n) is 14.6. The second-order valence-electron chi connectivity index (χ2n) is 5.64. The van der Waals surface area contributed by atoms with Crippen molar-refractivity contribution in [1.29, 1.82) is 0 Å². The lowest BCUT2D eigenvalue weighted by Crippen LogP contribution is -2.32. The van der Waals surface area contributed by atoms with Crippen molar-refractivity contribution in [2.24, 2.45) is 0 Å². The van der Waals surface area contributed by atoms with E-state index in [9.17, 15) is 4.79 Å². The lowest BCUT2D eigenvalue weighted by molar-refractivity contribution is -0.128. The Hall–Kier alpha value is -1.86. The molecule has 1 unspecified atom stereocenters. The van der Waals surface area contributed by atoms with Crippen LogP contribution in [-0.4, -0.2) is 43.9 Å². The fourth-order valence-electron chi connectivity index (χ4n) is 2.79. The predicted molar refractivity (Wildman–Crippen MR) is 106 cm³/mol. The van der Waals surface area contributed by atoms with Gasteiger partial charge in [-0.25, -0.2) is 0 Å². The number of halogens is 1.